The van der Waals surface area contributed by atoms with Gasteiger partial charge in [0.15, 0.2) is 0 Å². The quantitative estimate of drug-likeness (QED) is 0.561. The molecule has 0 saturated carbocycles. The molecule has 0 heterocycles. The van der Waals surface area contributed by atoms with E-state index in [9.17, 15) is 4.39 Å². The lowest BCUT2D eigenvalue weighted by molar-refractivity contribution is 0.616. The van der Waals surface area contributed by atoms with E-state index in [4.69, 9.17) is 0 Å². The number of aryl methyl sites for hydroxylation is 3. The van der Waals surface area contributed by atoms with Gasteiger partial charge < -0.3 is 0 Å². The molecule has 1 aromatic carbocycles. The molecule has 0 nitrogen and oxygen atoms in total. The van der Waals surface area contributed by atoms with Crippen molar-refractivity contribution >= 4 is 0 Å². The average molecular weight is 198 g/mol. The normalized spacial score (nSPS) is 8.00. The fourth-order valence-electron chi connectivity index (χ4n) is 0.925. The Morgan fingerprint density at radius 3 is 1.43 bits per heavy atom. The first-order valence-corrected chi connectivity index (χ1v) is 5.34. The smallest absolute Gasteiger partial charge is 0.126 e. The van der Waals surface area contributed by atoms with Crippen LogP contribution in [0.2, 0.25) is 0 Å². The van der Waals surface area contributed by atoms with Gasteiger partial charge in [-0.3, -0.25) is 0 Å². The summed E-state index contributed by atoms with van der Waals surface area (Å²) in [6.07, 6.45) is 0. The Labute approximate surface area is 88.2 Å². The highest BCUT2D eigenvalue weighted by Crippen LogP contribution is 2.12. The summed E-state index contributed by atoms with van der Waals surface area (Å²) in [5, 5.41) is 0. The molecule has 0 aliphatic heterocycles. The van der Waals surface area contributed by atoms with Crippen molar-refractivity contribution in [1.82, 2.24) is 0 Å². The van der Waals surface area contributed by atoms with Crippen LogP contribution in [0.15, 0.2) is 12.1 Å². The zero-order chi connectivity index (χ0) is 11.7. The Morgan fingerprint density at radius 1 is 0.714 bits per heavy atom. The van der Waals surface area contributed by atoms with Crippen LogP contribution in [0.1, 0.15) is 44.4 Å². The molecule has 0 aromatic heterocycles. The maximum Gasteiger partial charge on any atom is 0.126 e. The molecule has 0 aliphatic rings. The predicted molar refractivity (Wildman–Crippen MR) is 63.3 cm³/mol. The van der Waals surface area contributed by atoms with Gasteiger partial charge in [-0.05, 0) is 43.5 Å². The fourth-order valence-corrected chi connectivity index (χ4v) is 0.925. The second-order valence-electron chi connectivity index (χ2n) is 2.69. The van der Waals surface area contributed by atoms with Crippen molar-refractivity contribution in [2.45, 2.75) is 48.5 Å². The summed E-state index contributed by atoms with van der Waals surface area (Å²) < 4.78 is 12.8. The maximum absolute atomic E-state index is 12.8. The minimum Gasteiger partial charge on any atom is -0.207 e. The molecule has 0 unspecified atom stereocenters. The first-order chi connectivity index (χ1) is 6.61. The van der Waals surface area contributed by atoms with Gasteiger partial charge in [-0.15, -0.1) is 0 Å². The summed E-state index contributed by atoms with van der Waals surface area (Å²) in [6.45, 7) is 13.7. The van der Waals surface area contributed by atoms with E-state index in [0.717, 1.165) is 16.7 Å². The van der Waals surface area contributed by atoms with Gasteiger partial charge in [0, 0.05) is 0 Å². The number of rotatable bonds is 0. The highest BCUT2D eigenvalue weighted by Gasteiger charge is 1.98. The standard InChI is InChI=1S/C9H11F.2C2H6/c1-6-4-8(3)9(10)5-7(6)2;2*1-2/h4-5H,1-3H3;2*1-2H3. The summed E-state index contributed by atoms with van der Waals surface area (Å²) in [7, 11) is 0. The molecule has 0 bridgehead atoms. The van der Waals surface area contributed by atoms with Crippen LogP contribution in [0.4, 0.5) is 4.39 Å². The third-order valence-corrected chi connectivity index (χ3v) is 1.77. The molecule has 0 radical (unpaired) electrons. The van der Waals surface area contributed by atoms with Gasteiger partial charge in [0.1, 0.15) is 5.82 Å². The average Bonchev–Trinajstić information content (AvgIpc) is 2.21. The van der Waals surface area contributed by atoms with E-state index >= 15 is 0 Å². The van der Waals surface area contributed by atoms with Gasteiger partial charge in [-0.2, -0.15) is 0 Å². The van der Waals surface area contributed by atoms with E-state index in [1.54, 1.807) is 13.0 Å². The molecular weight excluding hydrogens is 175 g/mol. The minimum absolute atomic E-state index is 0.108. The predicted octanol–water partition coefficient (Wildman–Crippen LogP) is 4.80. The van der Waals surface area contributed by atoms with Crippen LogP contribution in [-0.4, -0.2) is 0 Å². The Balaban J connectivity index is 0. The van der Waals surface area contributed by atoms with Crippen molar-refractivity contribution in [2.75, 3.05) is 0 Å². The second-order valence-corrected chi connectivity index (χ2v) is 2.69. The largest absolute Gasteiger partial charge is 0.207 e. The number of hydrogen-bond acceptors (Lipinski definition) is 0. The highest BCUT2D eigenvalue weighted by atomic mass is 19.1. The van der Waals surface area contributed by atoms with E-state index in [0.29, 0.717) is 0 Å². The molecule has 0 fully saturated rings. The second kappa shape index (κ2) is 8.74. The van der Waals surface area contributed by atoms with Crippen molar-refractivity contribution in [2.24, 2.45) is 0 Å². The van der Waals surface area contributed by atoms with Crippen LogP contribution < -0.4 is 0 Å². The van der Waals surface area contributed by atoms with Gasteiger partial charge in [-0.25, -0.2) is 4.39 Å². The van der Waals surface area contributed by atoms with Crippen molar-refractivity contribution in [3.05, 3.63) is 34.6 Å². The molecule has 1 aromatic rings. The topological polar surface area (TPSA) is 0 Å². The van der Waals surface area contributed by atoms with Crippen molar-refractivity contribution in [1.29, 1.82) is 0 Å². The van der Waals surface area contributed by atoms with Gasteiger partial charge in [0.05, 0.1) is 0 Å². The van der Waals surface area contributed by atoms with Gasteiger partial charge in [0.25, 0.3) is 0 Å². The highest BCUT2D eigenvalue weighted by molar-refractivity contribution is 5.30. The lowest BCUT2D eigenvalue weighted by Crippen LogP contribution is -1.87. The molecule has 0 saturated heterocycles. The molecule has 0 spiro atoms. The summed E-state index contributed by atoms with van der Waals surface area (Å²) in [5.41, 5.74) is 2.89. The molecule has 82 valence electrons. The van der Waals surface area contributed by atoms with E-state index < -0.39 is 0 Å². The van der Waals surface area contributed by atoms with Crippen molar-refractivity contribution < 1.29 is 4.39 Å². The molecule has 0 N–H and O–H groups in total. The van der Waals surface area contributed by atoms with Crippen LogP contribution in [0.3, 0.4) is 0 Å². The Kier molecular flexibility index (Phi) is 9.74. The van der Waals surface area contributed by atoms with Crippen molar-refractivity contribution in [3.63, 3.8) is 0 Å². The molecule has 1 heteroatoms. The number of hydrogen-bond donors (Lipinski definition) is 0. The number of halogens is 1. The minimum atomic E-state index is -0.108. The van der Waals surface area contributed by atoms with Crippen LogP contribution in [-0.2, 0) is 0 Å². The maximum atomic E-state index is 12.8. The summed E-state index contributed by atoms with van der Waals surface area (Å²) in [6, 6.07) is 3.44. The number of benzene rings is 1. The van der Waals surface area contributed by atoms with E-state index in [-0.39, 0.29) is 5.82 Å². The van der Waals surface area contributed by atoms with Crippen LogP contribution in [0.5, 0.6) is 0 Å². The van der Waals surface area contributed by atoms with Gasteiger partial charge >= 0.3 is 0 Å². The third kappa shape index (κ3) is 5.00. The van der Waals surface area contributed by atoms with E-state index in [1.807, 2.05) is 47.6 Å². The lowest BCUT2D eigenvalue weighted by atomic mass is 10.1. The SMILES string of the molecule is CC.CC.Cc1cc(C)c(F)cc1C. The zero-order valence-electron chi connectivity index (χ0n) is 10.5. The summed E-state index contributed by atoms with van der Waals surface area (Å²) >= 11 is 0. The van der Waals surface area contributed by atoms with Crippen LogP contribution in [0, 0.1) is 26.6 Å². The molecule has 0 atom stereocenters. The van der Waals surface area contributed by atoms with Crippen molar-refractivity contribution in [3.8, 4) is 0 Å². The first kappa shape index (κ1) is 15.6. The molecule has 14 heavy (non-hydrogen) atoms. The molecular formula is C13H23F. The molecule has 0 amide bonds. The summed E-state index contributed by atoms with van der Waals surface area (Å²) in [4.78, 5) is 0. The molecule has 1 rings (SSSR count). The van der Waals surface area contributed by atoms with Gasteiger partial charge in [-0.1, -0.05) is 33.8 Å². The zero-order valence-corrected chi connectivity index (χ0v) is 10.5. The Bertz CT molecular complexity index is 201. The van der Waals surface area contributed by atoms with Crippen LogP contribution >= 0.6 is 0 Å². The lowest BCUT2D eigenvalue weighted by Gasteiger charge is -2.01. The van der Waals surface area contributed by atoms with E-state index in [2.05, 4.69) is 0 Å². The Morgan fingerprint density at radius 2 is 1.07 bits per heavy atom. The first-order valence-electron chi connectivity index (χ1n) is 5.34. The third-order valence-electron chi connectivity index (χ3n) is 1.77. The Hall–Kier alpha value is -0.850. The monoisotopic (exact) mass is 198 g/mol. The van der Waals surface area contributed by atoms with Crippen LogP contribution in [0.25, 0.3) is 0 Å². The van der Waals surface area contributed by atoms with E-state index in [1.165, 1.54) is 0 Å². The summed E-state index contributed by atoms with van der Waals surface area (Å²) in [5.74, 6) is -0.108. The fraction of sp³-hybridized carbons (Fsp3) is 0.538. The van der Waals surface area contributed by atoms with Gasteiger partial charge in [0.2, 0.25) is 0 Å². The molecule has 0 aliphatic carbocycles.